The summed E-state index contributed by atoms with van der Waals surface area (Å²) in [5.74, 6) is 2.45. The number of nitrogens with one attached hydrogen (secondary N) is 1. The van der Waals surface area contributed by atoms with E-state index in [-0.39, 0.29) is 10.9 Å². The molecule has 0 aromatic heterocycles. The second-order valence-corrected chi connectivity index (χ2v) is 6.39. The number of rotatable bonds is 5. The normalized spacial score (nSPS) is 12.9. The summed E-state index contributed by atoms with van der Waals surface area (Å²) in [7, 11) is -3.58. The standard InChI is InChI=1S/C12H15BrN2O2S/c1-3-5-9(4-2)15-18(16,17)10-6-7-11(13)12(14)8-10/h1,6-9,15H,4-5,14H2,2H3. The molecule has 0 bridgehead atoms. The first-order valence-corrected chi connectivity index (χ1v) is 7.69. The number of sulfonamides is 1. The lowest BCUT2D eigenvalue weighted by Gasteiger charge is -2.15. The first-order valence-electron chi connectivity index (χ1n) is 5.41. The summed E-state index contributed by atoms with van der Waals surface area (Å²) in [6, 6.07) is 4.25. The van der Waals surface area contributed by atoms with Crippen molar-refractivity contribution >= 4 is 31.6 Å². The highest BCUT2D eigenvalue weighted by molar-refractivity contribution is 9.10. The minimum Gasteiger partial charge on any atom is -0.398 e. The van der Waals surface area contributed by atoms with Crippen LogP contribution in [0.5, 0.6) is 0 Å². The Balaban J connectivity index is 2.99. The molecule has 0 aliphatic carbocycles. The van der Waals surface area contributed by atoms with E-state index in [0.29, 0.717) is 23.0 Å². The molecule has 0 aliphatic rings. The Morgan fingerprint density at radius 2 is 2.22 bits per heavy atom. The number of benzene rings is 1. The molecule has 0 aliphatic heterocycles. The Kier molecular flexibility index (Phi) is 5.20. The first kappa shape index (κ1) is 15.0. The van der Waals surface area contributed by atoms with Crippen molar-refractivity contribution in [3.63, 3.8) is 0 Å². The Hall–Kier alpha value is -1.03. The zero-order chi connectivity index (χ0) is 13.8. The van der Waals surface area contributed by atoms with Gasteiger partial charge in [-0.2, -0.15) is 0 Å². The van der Waals surface area contributed by atoms with Crippen LogP contribution in [0.15, 0.2) is 27.6 Å². The molecule has 0 saturated carbocycles. The fourth-order valence-corrected chi connectivity index (χ4v) is 2.99. The zero-order valence-electron chi connectivity index (χ0n) is 9.98. The average Bonchev–Trinajstić information content (AvgIpc) is 2.31. The lowest BCUT2D eigenvalue weighted by atomic mass is 10.2. The smallest absolute Gasteiger partial charge is 0.240 e. The molecule has 18 heavy (non-hydrogen) atoms. The summed E-state index contributed by atoms with van der Waals surface area (Å²) in [5, 5.41) is 0. The van der Waals surface area contributed by atoms with Crippen LogP contribution in [0.25, 0.3) is 0 Å². The van der Waals surface area contributed by atoms with E-state index >= 15 is 0 Å². The van der Waals surface area contributed by atoms with Crippen molar-refractivity contribution in [3.05, 3.63) is 22.7 Å². The second kappa shape index (κ2) is 6.23. The van der Waals surface area contributed by atoms with Crippen LogP contribution in [0.1, 0.15) is 19.8 Å². The summed E-state index contributed by atoms with van der Waals surface area (Å²) in [4.78, 5) is 0.138. The summed E-state index contributed by atoms with van der Waals surface area (Å²) >= 11 is 3.22. The molecular weight excluding hydrogens is 316 g/mol. The van der Waals surface area contributed by atoms with Gasteiger partial charge in [0.25, 0.3) is 0 Å². The Morgan fingerprint density at radius 3 is 2.72 bits per heavy atom. The molecule has 1 aromatic rings. The summed E-state index contributed by atoms with van der Waals surface area (Å²) in [6.07, 6.45) is 6.19. The predicted molar refractivity (Wildman–Crippen MR) is 76.4 cm³/mol. The second-order valence-electron chi connectivity index (χ2n) is 3.82. The van der Waals surface area contributed by atoms with Crippen molar-refractivity contribution in [3.8, 4) is 12.3 Å². The van der Waals surface area contributed by atoms with E-state index in [1.807, 2.05) is 6.92 Å². The van der Waals surface area contributed by atoms with E-state index in [1.165, 1.54) is 12.1 Å². The summed E-state index contributed by atoms with van der Waals surface area (Å²) in [6.45, 7) is 1.88. The van der Waals surface area contributed by atoms with Crippen LogP contribution in [0.4, 0.5) is 5.69 Å². The van der Waals surface area contributed by atoms with Gasteiger partial charge in [0.05, 0.1) is 4.90 Å². The number of halogens is 1. The van der Waals surface area contributed by atoms with Crippen LogP contribution < -0.4 is 10.5 Å². The molecule has 0 heterocycles. The summed E-state index contributed by atoms with van der Waals surface area (Å²) in [5.41, 5.74) is 6.05. The van der Waals surface area contributed by atoms with Gasteiger partial charge >= 0.3 is 0 Å². The Bertz CT molecular complexity index is 564. The molecule has 98 valence electrons. The molecule has 6 heteroatoms. The van der Waals surface area contributed by atoms with Gasteiger partial charge in [-0.25, -0.2) is 13.1 Å². The largest absolute Gasteiger partial charge is 0.398 e. The van der Waals surface area contributed by atoms with Crippen molar-refractivity contribution in [2.24, 2.45) is 0 Å². The van der Waals surface area contributed by atoms with Crippen molar-refractivity contribution in [1.82, 2.24) is 4.72 Å². The number of terminal acetylenes is 1. The van der Waals surface area contributed by atoms with Gasteiger partial charge in [-0.05, 0) is 40.5 Å². The van der Waals surface area contributed by atoms with Gasteiger partial charge in [-0.1, -0.05) is 6.92 Å². The van der Waals surface area contributed by atoms with E-state index in [9.17, 15) is 8.42 Å². The van der Waals surface area contributed by atoms with E-state index in [2.05, 4.69) is 26.6 Å². The molecule has 0 spiro atoms. The molecule has 1 aromatic carbocycles. The highest BCUT2D eigenvalue weighted by Crippen LogP contribution is 2.23. The van der Waals surface area contributed by atoms with E-state index in [1.54, 1.807) is 6.07 Å². The fraction of sp³-hybridized carbons (Fsp3) is 0.333. The van der Waals surface area contributed by atoms with Crippen molar-refractivity contribution in [2.45, 2.75) is 30.7 Å². The molecular formula is C12H15BrN2O2S. The highest BCUT2D eigenvalue weighted by Gasteiger charge is 2.19. The van der Waals surface area contributed by atoms with Crippen molar-refractivity contribution in [2.75, 3.05) is 5.73 Å². The molecule has 1 atom stereocenters. The van der Waals surface area contributed by atoms with Gasteiger partial charge in [-0.3, -0.25) is 0 Å². The predicted octanol–water partition coefficient (Wildman–Crippen LogP) is 2.11. The minimum atomic E-state index is -3.58. The maximum atomic E-state index is 12.1. The zero-order valence-corrected chi connectivity index (χ0v) is 12.4. The number of hydrogen-bond acceptors (Lipinski definition) is 3. The molecule has 1 rings (SSSR count). The quantitative estimate of drug-likeness (QED) is 0.641. The number of hydrogen-bond donors (Lipinski definition) is 2. The van der Waals surface area contributed by atoms with E-state index < -0.39 is 10.0 Å². The molecule has 0 amide bonds. The van der Waals surface area contributed by atoms with Gasteiger partial charge in [-0.15, -0.1) is 12.3 Å². The van der Waals surface area contributed by atoms with Crippen LogP contribution in [-0.2, 0) is 10.0 Å². The van der Waals surface area contributed by atoms with Crippen LogP contribution in [-0.4, -0.2) is 14.5 Å². The van der Waals surface area contributed by atoms with Gasteiger partial charge in [0, 0.05) is 22.6 Å². The maximum absolute atomic E-state index is 12.1. The Labute approximate surface area is 116 Å². The van der Waals surface area contributed by atoms with Gasteiger partial charge in [0.2, 0.25) is 10.0 Å². The minimum absolute atomic E-state index is 0.138. The molecule has 0 radical (unpaired) electrons. The monoisotopic (exact) mass is 330 g/mol. The van der Waals surface area contributed by atoms with Crippen LogP contribution in [0.2, 0.25) is 0 Å². The SMILES string of the molecule is C#CCC(CC)NS(=O)(=O)c1ccc(Br)c(N)c1. The van der Waals surface area contributed by atoms with Gasteiger partial charge in [0.15, 0.2) is 0 Å². The molecule has 0 fully saturated rings. The molecule has 3 N–H and O–H groups in total. The third-order valence-corrected chi connectivity index (χ3v) is 4.70. The van der Waals surface area contributed by atoms with Gasteiger partial charge < -0.3 is 5.73 Å². The maximum Gasteiger partial charge on any atom is 0.240 e. The number of nitrogens with two attached hydrogens (primary N) is 1. The molecule has 4 nitrogen and oxygen atoms in total. The third-order valence-electron chi connectivity index (χ3n) is 2.46. The van der Waals surface area contributed by atoms with Crippen LogP contribution in [0.3, 0.4) is 0 Å². The van der Waals surface area contributed by atoms with E-state index in [0.717, 1.165) is 0 Å². The topological polar surface area (TPSA) is 72.2 Å². The fourth-order valence-electron chi connectivity index (χ4n) is 1.39. The number of anilines is 1. The summed E-state index contributed by atoms with van der Waals surface area (Å²) < 4.78 is 27.4. The van der Waals surface area contributed by atoms with Gasteiger partial charge in [0.1, 0.15) is 0 Å². The highest BCUT2D eigenvalue weighted by atomic mass is 79.9. The van der Waals surface area contributed by atoms with E-state index in [4.69, 9.17) is 12.2 Å². The number of nitrogen functional groups attached to an aromatic ring is 1. The first-order chi connectivity index (χ1) is 8.40. The van der Waals surface area contributed by atoms with Crippen molar-refractivity contribution in [1.29, 1.82) is 0 Å². The average molecular weight is 331 g/mol. The molecule has 0 saturated heterocycles. The third kappa shape index (κ3) is 3.73. The van der Waals surface area contributed by atoms with Crippen molar-refractivity contribution < 1.29 is 8.42 Å². The van der Waals surface area contributed by atoms with Crippen LogP contribution in [0, 0.1) is 12.3 Å². The molecule has 1 unspecified atom stereocenters. The van der Waals surface area contributed by atoms with Crippen LogP contribution >= 0.6 is 15.9 Å². The lowest BCUT2D eigenvalue weighted by Crippen LogP contribution is -2.34. The Morgan fingerprint density at radius 1 is 1.56 bits per heavy atom. The lowest BCUT2D eigenvalue weighted by molar-refractivity contribution is 0.544.